The van der Waals surface area contributed by atoms with Crippen molar-refractivity contribution in [3.8, 4) is 39.9 Å². The number of hydrogen-bond donors (Lipinski definition) is 4. The number of anilines is 1. The minimum absolute atomic E-state index is 0.0183. The minimum Gasteiger partial charge on any atom is -0.508 e. The summed E-state index contributed by atoms with van der Waals surface area (Å²) in [5.41, 5.74) is 2.58. The van der Waals surface area contributed by atoms with Crippen LogP contribution in [0.5, 0.6) is 28.7 Å². The number of para-hydroxylation sites is 1. The van der Waals surface area contributed by atoms with Crippen molar-refractivity contribution in [2.45, 2.75) is 10.2 Å². The Morgan fingerprint density at radius 3 is 1.96 bits per heavy atom. The molecule has 0 saturated carbocycles. The maximum atomic E-state index is 14.7. The molecule has 2 aliphatic rings. The van der Waals surface area contributed by atoms with Gasteiger partial charge in [-0.3, -0.25) is 4.79 Å². The van der Waals surface area contributed by atoms with E-state index in [2.05, 4.69) is 4.99 Å². The van der Waals surface area contributed by atoms with Gasteiger partial charge in [-0.25, -0.2) is 9.18 Å². The Hall–Kier alpha value is -4.98. The highest BCUT2D eigenvalue weighted by Gasteiger charge is 2.37. The molecule has 0 radical (unpaired) electrons. The van der Waals surface area contributed by atoms with E-state index in [1.165, 1.54) is 36.4 Å². The fourth-order valence-corrected chi connectivity index (χ4v) is 7.23. The number of alkyl halides is 3. The molecule has 0 aromatic heterocycles. The lowest BCUT2D eigenvalue weighted by atomic mass is 9.95. The highest BCUT2D eigenvalue weighted by Crippen LogP contribution is 2.47. The van der Waals surface area contributed by atoms with Crippen LogP contribution in [0.15, 0.2) is 96.0 Å². The number of amides is 1. The first kappa shape index (κ1) is 34.5. The molecule has 1 amide bonds. The van der Waals surface area contributed by atoms with Crippen molar-refractivity contribution in [3.63, 3.8) is 0 Å². The highest BCUT2D eigenvalue weighted by atomic mass is 35.6. The summed E-state index contributed by atoms with van der Waals surface area (Å²) in [6.45, 7) is -0.683. The van der Waals surface area contributed by atoms with Crippen molar-refractivity contribution < 1.29 is 42.0 Å². The third-order valence-corrected chi connectivity index (χ3v) is 9.44. The van der Waals surface area contributed by atoms with Crippen LogP contribution in [0.4, 0.5) is 11.4 Å². The molecule has 0 unspecified atom stereocenters. The molecule has 0 aliphatic carbocycles. The van der Waals surface area contributed by atoms with E-state index in [1.807, 2.05) is 0 Å². The summed E-state index contributed by atoms with van der Waals surface area (Å²) >= 11 is 17.0. The maximum Gasteiger partial charge on any atom is 0.449 e. The van der Waals surface area contributed by atoms with E-state index in [1.54, 1.807) is 59.5 Å². The summed E-state index contributed by atoms with van der Waals surface area (Å²) < 4.78 is 33.5. The van der Waals surface area contributed by atoms with Gasteiger partial charge in [0.2, 0.25) is 3.79 Å². The van der Waals surface area contributed by atoms with Gasteiger partial charge in [0.25, 0.3) is 5.91 Å². The summed E-state index contributed by atoms with van der Waals surface area (Å²) in [5, 5.41) is 43.2. The van der Waals surface area contributed by atoms with Crippen molar-refractivity contribution in [2.75, 3.05) is 18.1 Å². The number of carbonyl (C=O) groups is 1. The number of carbonyl (C=O) groups excluding carboxylic acids is 1. The number of phenols is 4. The molecule has 5 aromatic carbocycles. The molecule has 0 fully saturated rings. The molecule has 0 saturated heterocycles. The van der Waals surface area contributed by atoms with E-state index in [4.69, 9.17) is 43.2 Å². The zero-order chi connectivity index (χ0) is 36.2. The zero-order valence-corrected chi connectivity index (χ0v) is 29.1. The predicted octanol–water partition coefficient (Wildman–Crippen LogP) is 5.53. The molecule has 0 spiro atoms. The number of rotatable bonds is 9. The number of phenolic OH excluding ortho intramolecular Hbond substituents is 4. The molecular weight excluding hydrogens is 743 g/mol. The number of fused-ring (bicyclic) bond motifs is 4. The second-order valence-electron chi connectivity index (χ2n) is 11.6. The van der Waals surface area contributed by atoms with Crippen LogP contribution in [0.3, 0.4) is 0 Å². The fraction of sp³-hybridized carbons (Fsp3) is 0.111. The molecule has 5 aromatic rings. The molecule has 2 heterocycles. The third kappa shape index (κ3) is 6.64. The van der Waals surface area contributed by atoms with Crippen LogP contribution in [0, 0.1) is 10.4 Å². The molecule has 15 heteroatoms. The molecular formula is C36H25Cl3N2O9S. The lowest BCUT2D eigenvalue weighted by molar-refractivity contribution is -0.113. The third-order valence-electron chi connectivity index (χ3n) is 8.32. The van der Waals surface area contributed by atoms with Gasteiger partial charge in [0, 0.05) is 22.2 Å². The summed E-state index contributed by atoms with van der Waals surface area (Å²) in [7, 11) is -4.77. The average molecular weight is 768 g/mol. The first-order valence-corrected chi connectivity index (χ1v) is 17.7. The van der Waals surface area contributed by atoms with E-state index < -0.39 is 26.7 Å². The monoisotopic (exact) mass is 766 g/mol. The average Bonchev–Trinajstić information content (AvgIpc) is 3.61. The lowest BCUT2D eigenvalue weighted by Crippen LogP contribution is -2.31. The highest BCUT2D eigenvalue weighted by molar-refractivity contribution is 7.82. The van der Waals surface area contributed by atoms with Gasteiger partial charge in [0.1, 0.15) is 34.9 Å². The molecule has 260 valence electrons. The Morgan fingerprint density at radius 1 is 0.765 bits per heavy atom. The number of hydrogen-bond acceptors (Lipinski definition) is 10. The van der Waals surface area contributed by atoms with E-state index in [9.17, 15) is 33.6 Å². The van der Waals surface area contributed by atoms with Crippen LogP contribution in [-0.2, 0) is 25.8 Å². The summed E-state index contributed by atoms with van der Waals surface area (Å²) in [6.07, 6.45) is 0.367. The van der Waals surface area contributed by atoms with E-state index in [0.29, 0.717) is 38.9 Å². The summed E-state index contributed by atoms with van der Waals surface area (Å²) in [4.78, 5) is 20.9. The quantitative estimate of drug-likeness (QED) is 0.139. The van der Waals surface area contributed by atoms with Crippen molar-refractivity contribution in [1.29, 1.82) is 0 Å². The predicted molar refractivity (Wildman–Crippen MR) is 190 cm³/mol. The smallest absolute Gasteiger partial charge is 0.449 e. The number of halogens is 3. The number of aromatic hydroxyl groups is 4. The van der Waals surface area contributed by atoms with Crippen molar-refractivity contribution in [2.24, 2.45) is 4.99 Å². The van der Waals surface area contributed by atoms with Gasteiger partial charge in [0.15, 0.2) is 11.5 Å². The lowest BCUT2D eigenvalue weighted by Gasteiger charge is -2.23. The summed E-state index contributed by atoms with van der Waals surface area (Å²) in [5.74, 6) is -0.936. The molecule has 4 N–H and O–H groups in total. The Kier molecular flexibility index (Phi) is 8.76. The largest absolute Gasteiger partial charge is 0.508 e. The van der Waals surface area contributed by atoms with E-state index >= 15 is 0 Å². The molecule has 0 bridgehead atoms. The Morgan fingerprint density at radius 2 is 1.35 bits per heavy atom. The van der Waals surface area contributed by atoms with Crippen LogP contribution >= 0.6 is 34.8 Å². The van der Waals surface area contributed by atoms with Gasteiger partial charge in [0.05, 0.1) is 16.8 Å². The van der Waals surface area contributed by atoms with Gasteiger partial charge in [-0.05, 0) is 65.6 Å². The van der Waals surface area contributed by atoms with Crippen LogP contribution < -0.4 is 19.7 Å². The fourth-order valence-electron chi connectivity index (χ4n) is 6.14. The van der Waals surface area contributed by atoms with Gasteiger partial charge >= 0.3 is 10.4 Å². The Labute approximate surface area is 305 Å². The molecule has 0 atom stereocenters. The Balaban J connectivity index is 1.54. The number of nitrogens with zero attached hydrogens (tertiary/aromatic N) is 2. The first-order chi connectivity index (χ1) is 24.2. The van der Waals surface area contributed by atoms with E-state index in [-0.39, 0.29) is 57.5 Å². The molecule has 51 heavy (non-hydrogen) atoms. The molecule has 7 rings (SSSR count). The van der Waals surface area contributed by atoms with Crippen molar-refractivity contribution in [3.05, 3.63) is 123 Å². The normalized spacial score (nSPS) is 13.5. The van der Waals surface area contributed by atoms with Gasteiger partial charge in [-0.15, -0.1) is 0 Å². The van der Waals surface area contributed by atoms with Gasteiger partial charge in [-0.1, -0.05) is 83.3 Å². The van der Waals surface area contributed by atoms with Crippen LogP contribution in [0.1, 0.15) is 11.1 Å². The molecule has 2 aliphatic heterocycles. The van der Waals surface area contributed by atoms with Crippen molar-refractivity contribution >= 4 is 68.1 Å². The van der Waals surface area contributed by atoms with Gasteiger partial charge in [-0.2, -0.15) is 8.42 Å². The maximum absolute atomic E-state index is 14.7. The van der Waals surface area contributed by atoms with Crippen molar-refractivity contribution in [1.82, 2.24) is 0 Å². The van der Waals surface area contributed by atoms with Gasteiger partial charge < -0.3 is 29.5 Å². The van der Waals surface area contributed by atoms with Crippen LogP contribution in [-0.4, -0.2) is 51.7 Å². The molecule has 11 nitrogen and oxygen atoms in total. The van der Waals surface area contributed by atoms with E-state index in [0.717, 1.165) is 5.56 Å². The Bertz CT molecular complexity index is 2560. The van der Waals surface area contributed by atoms with Crippen LogP contribution in [0.25, 0.3) is 16.7 Å². The first-order valence-electron chi connectivity index (χ1n) is 15.2. The second kappa shape index (κ2) is 13.0. The SMILES string of the molecule is O=C1C(c2ccc(O)cc2)=c2c(c(-c3ccc(O)cc3)c(O)c3c2=c2cccc(OS(=O)(=O)OCC(Cl)(Cl)Cl)c2=N3)N1CCc1ccc(O)cc1. The minimum atomic E-state index is -4.77. The topological polar surface area (TPSA) is 166 Å². The standard InChI is InChI=1S/C36H25Cl3N2O9S/c37-36(38,39)18-49-51(47,48)50-26-3-1-2-25-29-30-27(20-6-12-23(43)13-7-20)35(46)41(17-16-19-4-10-22(42)11-5-19)33(30)28(21-8-14-24(44)15-9-21)34(45)32(29)40-31(25)26/h1-15,42-45H,16-18H2. The zero-order valence-electron chi connectivity index (χ0n) is 26.0. The second-order valence-corrected chi connectivity index (χ2v) is 15.4. The van der Waals surface area contributed by atoms with Crippen LogP contribution in [0.2, 0.25) is 0 Å². The number of benzene rings is 5. The summed E-state index contributed by atoms with van der Waals surface area (Å²) in [6, 6.07) is 23.2.